The van der Waals surface area contributed by atoms with Crippen molar-refractivity contribution in [3.8, 4) is 0 Å². The minimum atomic E-state index is -1.01. The van der Waals surface area contributed by atoms with Gasteiger partial charge in [-0.15, -0.1) is 0 Å². The molecule has 0 aliphatic carbocycles. The van der Waals surface area contributed by atoms with Crippen LogP contribution in [0.3, 0.4) is 0 Å². The molecule has 0 spiro atoms. The lowest BCUT2D eigenvalue weighted by Crippen LogP contribution is -2.09. The first kappa shape index (κ1) is 10.5. The number of carboxylic acids is 1. The molecule has 1 N–H and O–H groups in total. The minimum absolute atomic E-state index is 0.0363. The van der Waals surface area contributed by atoms with Gasteiger partial charge >= 0.3 is 5.97 Å². The van der Waals surface area contributed by atoms with Crippen molar-refractivity contribution in [2.24, 2.45) is 0 Å². The normalized spacial score (nSPS) is 10.6. The molecule has 1 heterocycles. The highest BCUT2D eigenvalue weighted by Gasteiger charge is 2.15. The Morgan fingerprint density at radius 2 is 2.00 bits per heavy atom. The van der Waals surface area contributed by atoms with E-state index in [0.717, 1.165) is 0 Å². The number of carboxylic acid groups (broad SMARTS) is 1. The zero-order valence-electron chi connectivity index (χ0n) is 8.44. The second kappa shape index (κ2) is 3.65. The van der Waals surface area contributed by atoms with Gasteiger partial charge in [-0.05, 0) is 26.8 Å². The molecule has 1 rings (SSSR count). The summed E-state index contributed by atoms with van der Waals surface area (Å²) in [7, 11) is 0. The Labute approximate surface area is 82.2 Å². The van der Waals surface area contributed by atoms with E-state index in [1.165, 1.54) is 13.0 Å². The van der Waals surface area contributed by atoms with Gasteiger partial charge in [-0.3, -0.25) is 4.79 Å². The van der Waals surface area contributed by atoms with Gasteiger partial charge in [0.1, 0.15) is 5.69 Å². The van der Waals surface area contributed by atoms with Gasteiger partial charge in [-0.1, -0.05) is 0 Å². The molecular formula is C10H13NO3. The predicted octanol–water partition coefficient (Wildman–Crippen LogP) is 1.97. The number of carbonyl (C=O) groups excluding carboxylic acids is 1. The Morgan fingerprint density at radius 1 is 1.43 bits per heavy atom. The molecule has 0 unspecified atom stereocenters. The second-order valence-corrected chi connectivity index (χ2v) is 3.48. The van der Waals surface area contributed by atoms with Gasteiger partial charge in [-0.2, -0.15) is 0 Å². The van der Waals surface area contributed by atoms with E-state index in [0.29, 0.717) is 5.56 Å². The summed E-state index contributed by atoms with van der Waals surface area (Å²) in [5.74, 6) is -1.13. The van der Waals surface area contributed by atoms with Crippen molar-refractivity contribution in [2.75, 3.05) is 0 Å². The van der Waals surface area contributed by atoms with Gasteiger partial charge in [-0.25, -0.2) is 4.79 Å². The van der Waals surface area contributed by atoms with Gasteiger partial charge in [0.15, 0.2) is 5.78 Å². The predicted molar refractivity (Wildman–Crippen MR) is 51.8 cm³/mol. The van der Waals surface area contributed by atoms with Crippen LogP contribution >= 0.6 is 0 Å². The van der Waals surface area contributed by atoms with Crippen molar-refractivity contribution >= 4 is 11.8 Å². The molecule has 0 aliphatic rings. The number of nitrogens with zero attached hydrogens (tertiary/aromatic N) is 1. The first-order chi connectivity index (χ1) is 6.43. The fourth-order valence-corrected chi connectivity index (χ4v) is 1.27. The zero-order valence-corrected chi connectivity index (χ0v) is 8.44. The summed E-state index contributed by atoms with van der Waals surface area (Å²) in [6.07, 6.45) is 1.58. The van der Waals surface area contributed by atoms with E-state index in [9.17, 15) is 9.59 Å². The number of hydrogen-bond acceptors (Lipinski definition) is 2. The van der Waals surface area contributed by atoms with Crippen LogP contribution in [0.1, 0.15) is 47.7 Å². The number of aromatic carboxylic acids is 1. The largest absolute Gasteiger partial charge is 0.477 e. The average Bonchev–Trinajstić information content (AvgIpc) is 2.47. The molecule has 4 nitrogen and oxygen atoms in total. The van der Waals surface area contributed by atoms with Crippen LogP contribution in [0.5, 0.6) is 0 Å². The Morgan fingerprint density at radius 3 is 2.29 bits per heavy atom. The molecule has 4 heteroatoms. The number of hydrogen-bond donors (Lipinski definition) is 1. The Bertz CT molecular complexity index is 377. The lowest BCUT2D eigenvalue weighted by Gasteiger charge is -2.09. The highest BCUT2D eigenvalue weighted by atomic mass is 16.4. The third kappa shape index (κ3) is 1.84. The Hall–Kier alpha value is -1.58. The molecule has 0 aliphatic heterocycles. The molecule has 0 aromatic carbocycles. The van der Waals surface area contributed by atoms with Gasteiger partial charge in [0.25, 0.3) is 0 Å². The van der Waals surface area contributed by atoms with Gasteiger partial charge in [0.05, 0.1) is 0 Å². The highest BCUT2D eigenvalue weighted by molar-refractivity contribution is 5.97. The summed E-state index contributed by atoms with van der Waals surface area (Å²) in [6.45, 7) is 5.17. The third-order valence-corrected chi connectivity index (χ3v) is 2.03. The monoisotopic (exact) mass is 195 g/mol. The van der Waals surface area contributed by atoms with E-state index >= 15 is 0 Å². The molecule has 1 aromatic rings. The van der Waals surface area contributed by atoms with Gasteiger partial charge < -0.3 is 9.67 Å². The van der Waals surface area contributed by atoms with Crippen molar-refractivity contribution in [1.29, 1.82) is 0 Å². The van der Waals surface area contributed by atoms with E-state index in [1.807, 2.05) is 13.8 Å². The molecule has 76 valence electrons. The summed E-state index contributed by atoms with van der Waals surface area (Å²) >= 11 is 0. The van der Waals surface area contributed by atoms with Crippen molar-refractivity contribution in [1.82, 2.24) is 4.57 Å². The summed E-state index contributed by atoms with van der Waals surface area (Å²) in [5, 5.41) is 8.88. The number of Topliss-reactive ketones (excluding diaryl/α,β-unsaturated/α-hetero) is 1. The minimum Gasteiger partial charge on any atom is -0.477 e. The number of aromatic nitrogens is 1. The zero-order chi connectivity index (χ0) is 10.9. The van der Waals surface area contributed by atoms with Crippen LogP contribution in [0.2, 0.25) is 0 Å². The molecule has 0 radical (unpaired) electrons. The molecule has 0 saturated heterocycles. The van der Waals surface area contributed by atoms with Crippen LogP contribution in [0.4, 0.5) is 0 Å². The Kier molecular flexibility index (Phi) is 2.74. The molecule has 1 aromatic heterocycles. The maximum absolute atomic E-state index is 11.0. The second-order valence-electron chi connectivity index (χ2n) is 3.48. The van der Waals surface area contributed by atoms with Crippen molar-refractivity contribution < 1.29 is 14.7 Å². The van der Waals surface area contributed by atoms with E-state index < -0.39 is 5.97 Å². The SMILES string of the molecule is CC(=O)c1cc(C(=O)O)n(C(C)C)c1. The van der Waals surface area contributed by atoms with E-state index in [-0.39, 0.29) is 17.5 Å². The van der Waals surface area contributed by atoms with Crippen LogP contribution in [-0.4, -0.2) is 21.4 Å². The van der Waals surface area contributed by atoms with E-state index in [2.05, 4.69) is 0 Å². The van der Waals surface area contributed by atoms with E-state index in [4.69, 9.17) is 5.11 Å². The molecular weight excluding hydrogens is 182 g/mol. The maximum Gasteiger partial charge on any atom is 0.352 e. The van der Waals surface area contributed by atoms with Crippen LogP contribution in [0, 0.1) is 0 Å². The highest BCUT2D eigenvalue weighted by Crippen LogP contribution is 2.15. The van der Waals surface area contributed by atoms with Gasteiger partial charge in [0, 0.05) is 17.8 Å². The third-order valence-electron chi connectivity index (χ3n) is 2.03. The first-order valence-electron chi connectivity index (χ1n) is 4.39. The molecule has 0 saturated carbocycles. The summed E-state index contributed by atoms with van der Waals surface area (Å²) in [5.41, 5.74) is 0.598. The first-order valence-corrected chi connectivity index (χ1v) is 4.39. The van der Waals surface area contributed by atoms with E-state index in [1.54, 1.807) is 10.8 Å². The fourth-order valence-electron chi connectivity index (χ4n) is 1.27. The summed E-state index contributed by atoms with van der Waals surface area (Å²) < 4.78 is 1.58. The number of carbonyl (C=O) groups is 2. The quantitative estimate of drug-likeness (QED) is 0.750. The fraction of sp³-hybridized carbons (Fsp3) is 0.400. The van der Waals surface area contributed by atoms with Crippen molar-refractivity contribution in [3.63, 3.8) is 0 Å². The molecule has 14 heavy (non-hydrogen) atoms. The van der Waals surface area contributed by atoms with Gasteiger partial charge in [0.2, 0.25) is 0 Å². The summed E-state index contributed by atoms with van der Waals surface area (Å²) in [6, 6.07) is 1.44. The van der Waals surface area contributed by atoms with Crippen molar-refractivity contribution in [2.45, 2.75) is 26.8 Å². The molecule has 0 atom stereocenters. The lowest BCUT2D eigenvalue weighted by atomic mass is 10.2. The van der Waals surface area contributed by atoms with Crippen molar-refractivity contribution in [3.05, 3.63) is 23.5 Å². The maximum atomic E-state index is 11.0. The molecule has 0 bridgehead atoms. The van der Waals surface area contributed by atoms with Crippen LogP contribution < -0.4 is 0 Å². The lowest BCUT2D eigenvalue weighted by molar-refractivity contribution is 0.0683. The van der Waals surface area contributed by atoms with Crippen LogP contribution in [-0.2, 0) is 0 Å². The average molecular weight is 195 g/mol. The number of ketones is 1. The smallest absolute Gasteiger partial charge is 0.352 e. The molecule has 0 fully saturated rings. The summed E-state index contributed by atoms with van der Waals surface area (Å²) in [4.78, 5) is 21.9. The topological polar surface area (TPSA) is 59.3 Å². The van der Waals surface area contributed by atoms with Crippen LogP contribution in [0.15, 0.2) is 12.3 Å². The van der Waals surface area contributed by atoms with Crippen LogP contribution in [0.25, 0.3) is 0 Å². The standard InChI is InChI=1S/C10H13NO3/c1-6(2)11-5-8(7(3)12)4-9(11)10(13)14/h4-6H,1-3H3,(H,13,14). The molecule has 0 amide bonds. The Balaban J connectivity index is 3.26. The number of rotatable bonds is 3.